The largest absolute Gasteiger partial charge is 0.497 e. The molecule has 0 saturated heterocycles. The van der Waals surface area contributed by atoms with Crippen LogP contribution >= 0.6 is 0 Å². The zero-order valence-electron chi connectivity index (χ0n) is 15.0. The summed E-state index contributed by atoms with van der Waals surface area (Å²) < 4.78 is 15.8. The van der Waals surface area contributed by atoms with Crippen LogP contribution in [0.5, 0.6) is 11.5 Å². The van der Waals surface area contributed by atoms with E-state index in [1.807, 2.05) is 0 Å². The predicted molar refractivity (Wildman–Crippen MR) is 88.4 cm³/mol. The molecule has 0 fully saturated rings. The van der Waals surface area contributed by atoms with Crippen molar-refractivity contribution in [3.8, 4) is 11.5 Å². The molecular formula is C17H25NO6. The minimum absolute atomic E-state index is 0.0372. The maximum absolute atomic E-state index is 12.4. The van der Waals surface area contributed by atoms with Gasteiger partial charge in [0.2, 0.25) is 0 Å². The van der Waals surface area contributed by atoms with Crippen LogP contribution in [0.2, 0.25) is 0 Å². The third-order valence-corrected chi connectivity index (χ3v) is 3.29. The molecule has 1 N–H and O–H groups in total. The van der Waals surface area contributed by atoms with Gasteiger partial charge in [0.1, 0.15) is 23.1 Å². The van der Waals surface area contributed by atoms with E-state index in [9.17, 15) is 14.7 Å². The Hall–Kier alpha value is -2.44. The van der Waals surface area contributed by atoms with Crippen molar-refractivity contribution in [3.05, 3.63) is 23.8 Å². The lowest BCUT2D eigenvalue weighted by atomic mass is 10.1. The molecule has 1 rings (SSSR count). The third kappa shape index (κ3) is 5.33. The first-order valence-corrected chi connectivity index (χ1v) is 7.52. The molecule has 134 valence electrons. The van der Waals surface area contributed by atoms with E-state index in [0.29, 0.717) is 17.1 Å². The van der Waals surface area contributed by atoms with Crippen molar-refractivity contribution in [3.63, 3.8) is 0 Å². The van der Waals surface area contributed by atoms with Gasteiger partial charge >= 0.3 is 12.1 Å². The molecule has 0 bridgehead atoms. The van der Waals surface area contributed by atoms with Crippen molar-refractivity contribution < 1.29 is 28.9 Å². The van der Waals surface area contributed by atoms with Crippen molar-refractivity contribution in [2.45, 2.75) is 45.9 Å². The molecule has 0 aromatic heterocycles. The maximum Gasteiger partial charge on any atom is 0.411 e. The Bertz CT molecular complexity index is 593. The fourth-order valence-corrected chi connectivity index (χ4v) is 1.98. The highest BCUT2D eigenvalue weighted by Gasteiger charge is 2.30. The number of aliphatic carboxylic acids is 1. The molecule has 0 heterocycles. The molecule has 7 nitrogen and oxygen atoms in total. The molecule has 0 radical (unpaired) electrons. The van der Waals surface area contributed by atoms with Crippen LogP contribution in [0.3, 0.4) is 0 Å². The fraction of sp³-hybridized carbons (Fsp3) is 0.529. The van der Waals surface area contributed by atoms with E-state index < -0.39 is 23.7 Å². The standard InChI is InChI=1S/C17H25NO6/c1-11(15(19)20)18(16(21)24-17(2,3)4)10-12-7-8-13(22-5)9-14(12)23-6/h7-9,11H,10H2,1-6H3,(H,19,20)/t11-/m0/s1. The molecule has 1 aromatic carbocycles. The summed E-state index contributed by atoms with van der Waals surface area (Å²) >= 11 is 0. The van der Waals surface area contributed by atoms with Gasteiger partial charge in [-0.1, -0.05) is 0 Å². The lowest BCUT2D eigenvalue weighted by molar-refractivity contribution is -0.142. The van der Waals surface area contributed by atoms with Gasteiger partial charge < -0.3 is 19.3 Å². The highest BCUT2D eigenvalue weighted by atomic mass is 16.6. The zero-order valence-corrected chi connectivity index (χ0v) is 15.0. The highest BCUT2D eigenvalue weighted by Crippen LogP contribution is 2.27. The first-order chi connectivity index (χ1) is 11.1. The van der Waals surface area contributed by atoms with E-state index in [4.69, 9.17) is 14.2 Å². The minimum atomic E-state index is -1.12. The number of carboxylic acid groups (broad SMARTS) is 1. The summed E-state index contributed by atoms with van der Waals surface area (Å²) in [6.07, 6.45) is -0.699. The number of methoxy groups -OCH3 is 2. The lowest BCUT2D eigenvalue weighted by Crippen LogP contribution is -2.45. The van der Waals surface area contributed by atoms with E-state index in [2.05, 4.69) is 0 Å². The van der Waals surface area contributed by atoms with Gasteiger partial charge in [0, 0.05) is 11.6 Å². The van der Waals surface area contributed by atoms with Crippen LogP contribution in [-0.2, 0) is 16.1 Å². The molecule has 0 aliphatic heterocycles. The Kier molecular flexibility index (Phi) is 6.45. The maximum atomic E-state index is 12.4. The smallest absolute Gasteiger partial charge is 0.411 e. The molecule has 7 heteroatoms. The van der Waals surface area contributed by atoms with E-state index in [0.717, 1.165) is 4.90 Å². The van der Waals surface area contributed by atoms with Crippen LogP contribution < -0.4 is 9.47 Å². The number of amides is 1. The van der Waals surface area contributed by atoms with Gasteiger partial charge in [0.15, 0.2) is 0 Å². The second kappa shape index (κ2) is 7.90. The summed E-state index contributed by atoms with van der Waals surface area (Å²) in [5.74, 6) is -0.0143. The van der Waals surface area contributed by atoms with Crippen LogP contribution in [-0.4, -0.2) is 47.9 Å². The van der Waals surface area contributed by atoms with Crippen molar-refractivity contribution >= 4 is 12.1 Å². The Morgan fingerprint density at radius 3 is 2.29 bits per heavy atom. The summed E-state index contributed by atoms with van der Waals surface area (Å²) in [6.45, 7) is 6.64. The Morgan fingerprint density at radius 1 is 1.21 bits per heavy atom. The van der Waals surface area contributed by atoms with Crippen molar-refractivity contribution in [1.82, 2.24) is 4.90 Å². The summed E-state index contributed by atoms with van der Waals surface area (Å²) in [7, 11) is 3.03. The quantitative estimate of drug-likeness (QED) is 0.858. The van der Waals surface area contributed by atoms with Crippen LogP contribution in [0.25, 0.3) is 0 Å². The average Bonchev–Trinajstić information content (AvgIpc) is 2.49. The van der Waals surface area contributed by atoms with Crippen LogP contribution in [0.15, 0.2) is 18.2 Å². The molecule has 1 aromatic rings. The normalized spacial score (nSPS) is 12.2. The van der Waals surface area contributed by atoms with E-state index in [-0.39, 0.29) is 6.54 Å². The number of hydrogen-bond acceptors (Lipinski definition) is 5. The van der Waals surface area contributed by atoms with Crippen molar-refractivity contribution in [1.29, 1.82) is 0 Å². The minimum Gasteiger partial charge on any atom is -0.497 e. The van der Waals surface area contributed by atoms with Gasteiger partial charge in [-0.2, -0.15) is 0 Å². The molecule has 24 heavy (non-hydrogen) atoms. The van der Waals surface area contributed by atoms with Gasteiger partial charge in [-0.25, -0.2) is 9.59 Å². The van der Waals surface area contributed by atoms with Crippen molar-refractivity contribution in [2.24, 2.45) is 0 Å². The Balaban J connectivity index is 3.13. The zero-order chi connectivity index (χ0) is 18.5. The predicted octanol–water partition coefficient (Wildman–Crippen LogP) is 2.91. The van der Waals surface area contributed by atoms with Crippen LogP contribution in [0.4, 0.5) is 4.79 Å². The summed E-state index contributed by atoms with van der Waals surface area (Å²) in [5.41, 5.74) is -0.0744. The van der Waals surface area contributed by atoms with Gasteiger partial charge in [0.05, 0.1) is 20.8 Å². The number of carboxylic acids is 1. The first-order valence-electron chi connectivity index (χ1n) is 7.52. The van der Waals surface area contributed by atoms with Gasteiger partial charge in [-0.05, 0) is 39.8 Å². The Morgan fingerprint density at radius 2 is 1.83 bits per heavy atom. The summed E-state index contributed by atoms with van der Waals surface area (Å²) in [5, 5.41) is 9.29. The number of hydrogen-bond donors (Lipinski definition) is 1. The van der Waals surface area contributed by atoms with Crippen LogP contribution in [0.1, 0.15) is 33.3 Å². The number of nitrogens with zero attached hydrogens (tertiary/aromatic N) is 1. The van der Waals surface area contributed by atoms with Gasteiger partial charge in [-0.3, -0.25) is 4.90 Å². The number of benzene rings is 1. The molecule has 0 unspecified atom stereocenters. The number of rotatable bonds is 6. The van der Waals surface area contributed by atoms with Gasteiger partial charge in [-0.15, -0.1) is 0 Å². The second-order valence-electron chi connectivity index (χ2n) is 6.30. The first kappa shape index (κ1) is 19.6. The monoisotopic (exact) mass is 339 g/mol. The van der Waals surface area contributed by atoms with E-state index >= 15 is 0 Å². The molecule has 1 atom stereocenters. The fourth-order valence-electron chi connectivity index (χ4n) is 1.98. The Labute approximate surface area is 142 Å². The molecule has 0 saturated carbocycles. The molecule has 1 amide bonds. The van der Waals surface area contributed by atoms with Gasteiger partial charge in [0.25, 0.3) is 0 Å². The summed E-state index contributed by atoms with van der Waals surface area (Å²) in [6, 6.07) is 4.07. The third-order valence-electron chi connectivity index (χ3n) is 3.29. The molecule has 0 aliphatic rings. The molecular weight excluding hydrogens is 314 g/mol. The average molecular weight is 339 g/mol. The topological polar surface area (TPSA) is 85.3 Å². The van der Waals surface area contributed by atoms with E-state index in [1.54, 1.807) is 39.0 Å². The van der Waals surface area contributed by atoms with Crippen molar-refractivity contribution in [2.75, 3.05) is 14.2 Å². The van der Waals surface area contributed by atoms with Crippen LogP contribution in [0, 0.1) is 0 Å². The number of carbonyl (C=O) groups excluding carboxylic acids is 1. The molecule has 0 spiro atoms. The number of ether oxygens (including phenoxy) is 3. The molecule has 0 aliphatic carbocycles. The lowest BCUT2D eigenvalue weighted by Gasteiger charge is -2.30. The highest BCUT2D eigenvalue weighted by molar-refractivity contribution is 5.79. The SMILES string of the molecule is COc1ccc(CN(C(=O)OC(C)(C)C)[C@@H](C)C(=O)O)c(OC)c1. The van der Waals surface area contributed by atoms with E-state index in [1.165, 1.54) is 21.1 Å². The summed E-state index contributed by atoms with van der Waals surface area (Å²) in [4.78, 5) is 24.9. The second-order valence-corrected chi connectivity index (χ2v) is 6.30. The number of carbonyl (C=O) groups is 2.